The topological polar surface area (TPSA) is 63.2 Å². The largest absolute Gasteiger partial charge is 0.349 e. The van der Waals surface area contributed by atoms with Crippen LogP contribution < -0.4 is 5.32 Å². The van der Waals surface area contributed by atoms with Gasteiger partial charge in [-0.05, 0) is 56.4 Å². The zero-order valence-corrected chi connectivity index (χ0v) is 14.0. The van der Waals surface area contributed by atoms with Crippen LogP contribution in [-0.4, -0.2) is 25.6 Å². The first kappa shape index (κ1) is 16.2. The van der Waals surface area contributed by atoms with E-state index < -0.39 is 9.84 Å². The van der Waals surface area contributed by atoms with Crippen molar-refractivity contribution in [2.75, 3.05) is 0 Å². The lowest BCUT2D eigenvalue weighted by molar-refractivity contribution is 0.0934. The summed E-state index contributed by atoms with van der Waals surface area (Å²) in [7, 11) is -3.25. The standard InChI is InChI=1S/C18H23NO3S/c20-18(19-15-6-2-1-3-7-15)14-10-12-17(13-11-14)23(21,22)16-8-4-5-9-16/h1-2,10-13,15-16H,3-9H2,(H,19,20). The van der Waals surface area contributed by atoms with Crippen molar-refractivity contribution in [1.82, 2.24) is 5.32 Å². The third kappa shape index (κ3) is 3.66. The molecular formula is C18H23NO3S. The second kappa shape index (κ2) is 6.87. The smallest absolute Gasteiger partial charge is 0.251 e. The van der Waals surface area contributed by atoms with Gasteiger partial charge in [0.15, 0.2) is 9.84 Å². The van der Waals surface area contributed by atoms with Crippen molar-refractivity contribution in [2.45, 2.75) is 61.1 Å². The van der Waals surface area contributed by atoms with Crippen molar-refractivity contribution in [3.05, 3.63) is 42.0 Å². The van der Waals surface area contributed by atoms with E-state index in [0.717, 1.165) is 44.9 Å². The van der Waals surface area contributed by atoms with Gasteiger partial charge in [-0.15, -0.1) is 0 Å². The molecule has 0 bridgehead atoms. The molecule has 1 saturated carbocycles. The van der Waals surface area contributed by atoms with Crippen LogP contribution in [-0.2, 0) is 9.84 Å². The van der Waals surface area contributed by atoms with E-state index in [9.17, 15) is 13.2 Å². The summed E-state index contributed by atoms with van der Waals surface area (Å²) in [6, 6.07) is 6.56. The summed E-state index contributed by atoms with van der Waals surface area (Å²) in [5.74, 6) is -0.130. The van der Waals surface area contributed by atoms with Gasteiger partial charge >= 0.3 is 0 Å². The van der Waals surface area contributed by atoms with Gasteiger partial charge in [-0.2, -0.15) is 0 Å². The Morgan fingerprint density at radius 3 is 2.30 bits per heavy atom. The summed E-state index contributed by atoms with van der Waals surface area (Å²) in [4.78, 5) is 12.6. The molecule has 1 aromatic carbocycles. The van der Waals surface area contributed by atoms with Crippen LogP contribution in [0.3, 0.4) is 0 Å². The Morgan fingerprint density at radius 1 is 1.00 bits per heavy atom. The Hall–Kier alpha value is -1.62. The Bertz CT molecular complexity index is 685. The number of sulfone groups is 1. The molecule has 2 aliphatic rings. The fourth-order valence-corrected chi connectivity index (χ4v) is 5.23. The normalized spacial score (nSPS) is 22.2. The Kier molecular flexibility index (Phi) is 4.85. The molecule has 0 heterocycles. The monoisotopic (exact) mass is 333 g/mol. The van der Waals surface area contributed by atoms with E-state index in [1.54, 1.807) is 24.3 Å². The first-order chi connectivity index (χ1) is 11.1. The molecule has 5 heteroatoms. The van der Waals surface area contributed by atoms with Gasteiger partial charge in [-0.25, -0.2) is 8.42 Å². The van der Waals surface area contributed by atoms with Crippen molar-refractivity contribution in [3.63, 3.8) is 0 Å². The minimum absolute atomic E-state index is 0.130. The van der Waals surface area contributed by atoms with Crippen LogP contribution in [0.25, 0.3) is 0 Å². The summed E-state index contributed by atoms with van der Waals surface area (Å²) in [5, 5.41) is 2.76. The number of hydrogen-bond acceptors (Lipinski definition) is 3. The highest BCUT2D eigenvalue weighted by Gasteiger charge is 2.30. The van der Waals surface area contributed by atoms with E-state index in [2.05, 4.69) is 17.5 Å². The minimum Gasteiger partial charge on any atom is -0.349 e. The number of hydrogen-bond donors (Lipinski definition) is 1. The zero-order chi connectivity index (χ0) is 16.3. The Labute approximate surface area is 137 Å². The van der Waals surface area contributed by atoms with Gasteiger partial charge in [0.1, 0.15) is 0 Å². The molecule has 1 aromatic rings. The first-order valence-corrected chi connectivity index (χ1v) is 9.92. The molecule has 1 unspecified atom stereocenters. The molecular weight excluding hydrogens is 310 g/mol. The maximum Gasteiger partial charge on any atom is 0.251 e. The van der Waals surface area contributed by atoms with Crippen molar-refractivity contribution in [2.24, 2.45) is 0 Å². The van der Waals surface area contributed by atoms with Crippen molar-refractivity contribution < 1.29 is 13.2 Å². The van der Waals surface area contributed by atoms with E-state index in [-0.39, 0.29) is 17.2 Å². The van der Waals surface area contributed by atoms with Crippen LogP contribution in [0.15, 0.2) is 41.3 Å². The van der Waals surface area contributed by atoms with Crippen LogP contribution in [0.1, 0.15) is 55.3 Å². The van der Waals surface area contributed by atoms with Crippen LogP contribution in [0, 0.1) is 0 Å². The van der Waals surface area contributed by atoms with Gasteiger partial charge in [0.2, 0.25) is 0 Å². The van der Waals surface area contributed by atoms with Gasteiger partial charge in [0.25, 0.3) is 5.91 Å². The first-order valence-electron chi connectivity index (χ1n) is 8.37. The second-order valence-corrected chi connectivity index (χ2v) is 8.66. The molecule has 0 radical (unpaired) electrons. The number of benzene rings is 1. The van der Waals surface area contributed by atoms with Crippen LogP contribution in [0.5, 0.6) is 0 Å². The maximum absolute atomic E-state index is 12.5. The van der Waals surface area contributed by atoms with Crippen molar-refractivity contribution in [1.29, 1.82) is 0 Å². The van der Waals surface area contributed by atoms with E-state index in [1.807, 2.05) is 0 Å². The predicted molar refractivity (Wildman–Crippen MR) is 90.1 cm³/mol. The highest BCUT2D eigenvalue weighted by molar-refractivity contribution is 7.92. The fraction of sp³-hybridized carbons (Fsp3) is 0.500. The summed E-state index contributed by atoms with van der Waals surface area (Å²) in [6.45, 7) is 0. The minimum atomic E-state index is -3.25. The van der Waals surface area contributed by atoms with E-state index in [1.165, 1.54) is 0 Å². The molecule has 0 spiro atoms. The molecule has 1 N–H and O–H groups in total. The molecule has 0 aliphatic heterocycles. The van der Waals surface area contributed by atoms with Crippen molar-refractivity contribution >= 4 is 15.7 Å². The average Bonchev–Trinajstić information content (AvgIpc) is 3.11. The van der Waals surface area contributed by atoms with Crippen LogP contribution in [0.2, 0.25) is 0 Å². The summed E-state index contributed by atoms with van der Waals surface area (Å²) < 4.78 is 25.0. The number of amides is 1. The quantitative estimate of drug-likeness (QED) is 0.860. The molecule has 2 aliphatic carbocycles. The lowest BCUT2D eigenvalue weighted by atomic mass is 10.0. The lowest BCUT2D eigenvalue weighted by Crippen LogP contribution is -2.35. The average molecular weight is 333 g/mol. The van der Waals surface area contributed by atoms with Crippen LogP contribution >= 0.6 is 0 Å². The Morgan fingerprint density at radius 2 is 1.70 bits per heavy atom. The van der Waals surface area contributed by atoms with Gasteiger partial charge in [-0.1, -0.05) is 25.0 Å². The van der Waals surface area contributed by atoms with E-state index >= 15 is 0 Å². The molecule has 4 nitrogen and oxygen atoms in total. The number of nitrogens with one attached hydrogen (secondary N) is 1. The Balaban J connectivity index is 1.69. The number of rotatable bonds is 4. The molecule has 0 saturated heterocycles. The fourth-order valence-electron chi connectivity index (χ4n) is 3.38. The highest BCUT2D eigenvalue weighted by Crippen LogP contribution is 2.29. The highest BCUT2D eigenvalue weighted by atomic mass is 32.2. The maximum atomic E-state index is 12.5. The number of carbonyl (C=O) groups excluding carboxylic acids is 1. The van der Waals surface area contributed by atoms with Gasteiger partial charge < -0.3 is 5.32 Å². The molecule has 1 fully saturated rings. The summed E-state index contributed by atoms with van der Waals surface area (Å²) >= 11 is 0. The number of allylic oxidation sites excluding steroid dienone is 1. The van der Waals surface area contributed by atoms with E-state index in [0.29, 0.717) is 10.5 Å². The van der Waals surface area contributed by atoms with E-state index in [4.69, 9.17) is 0 Å². The molecule has 1 amide bonds. The lowest BCUT2D eigenvalue weighted by Gasteiger charge is -2.19. The number of carbonyl (C=O) groups is 1. The third-order valence-electron chi connectivity index (χ3n) is 4.79. The molecule has 124 valence electrons. The zero-order valence-electron chi connectivity index (χ0n) is 13.2. The third-order valence-corrected chi connectivity index (χ3v) is 7.07. The molecule has 0 aromatic heterocycles. The molecule has 1 atom stereocenters. The van der Waals surface area contributed by atoms with Gasteiger partial charge in [0, 0.05) is 11.6 Å². The van der Waals surface area contributed by atoms with Gasteiger partial charge in [0.05, 0.1) is 10.1 Å². The second-order valence-electron chi connectivity index (χ2n) is 6.43. The van der Waals surface area contributed by atoms with Gasteiger partial charge in [-0.3, -0.25) is 4.79 Å². The van der Waals surface area contributed by atoms with Crippen molar-refractivity contribution in [3.8, 4) is 0 Å². The summed E-state index contributed by atoms with van der Waals surface area (Å²) in [5.41, 5.74) is 0.518. The summed E-state index contributed by atoms with van der Waals surface area (Å²) in [6.07, 6.45) is 10.5. The van der Waals surface area contributed by atoms with Crippen LogP contribution in [0.4, 0.5) is 0 Å². The predicted octanol–water partition coefficient (Wildman–Crippen LogP) is 3.24. The SMILES string of the molecule is O=C(NC1CC=CCC1)c1ccc(S(=O)(=O)C2CCCC2)cc1. The molecule has 23 heavy (non-hydrogen) atoms. The molecule has 3 rings (SSSR count).